The largest absolute Gasteiger partial charge is 0.103 e. The average molecular weight is 166 g/mol. The molecule has 12 heavy (non-hydrogen) atoms. The van der Waals surface area contributed by atoms with Gasteiger partial charge in [0.1, 0.15) is 0 Å². The predicted molar refractivity (Wildman–Crippen MR) is 57.3 cm³/mol. The van der Waals surface area contributed by atoms with E-state index in [1.165, 1.54) is 25.7 Å². The maximum absolute atomic E-state index is 3.88. The Balaban J connectivity index is 3.78. The number of allylic oxidation sites excluding steroid dienone is 2. The minimum atomic E-state index is 0.289. The van der Waals surface area contributed by atoms with Gasteiger partial charge in [0.15, 0.2) is 0 Å². The summed E-state index contributed by atoms with van der Waals surface area (Å²) in [5.74, 6) is 0. The van der Waals surface area contributed by atoms with Crippen LogP contribution in [-0.4, -0.2) is 0 Å². The molecule has 0 aromatic heterocycles. The zero-order valence-electron chi connectivity index (χ0n) is 8.60. The molecule has 0 saturated heterocycles. The Kier molecular flexibility index (Phi) is 5.79. The van der Waals surface area contributed by atoms with E-state index in [1.54, 1.807) is 0 Å². The second kappa shape index (κ2) is 6.05. The van der Waals surface area contributed by atoms with Gasteiger partial charge in [-0.1, -0.05) is 45.3 Å². The van der Waals surface area contributed by atoms with Crippen LogP contribution in [0.2, 0.25) is 0 Å². The third-order valence-corrected chi connectivity index (χ3v) is 2.45. The van der Waals surface area contributed by atoms with Crippen LogP contribution in [0.4, 0.5) is 0 Å². The molecular formula is C12H22. The van der Waals surface area contributed by atoms with Crippen molar-refractivity contribution in [1.29, 1.82) is 0 Å². The van der Waals surface area contributed by atoms with Gasteiger partial charge in [-0.15, -0.1) is 13.2 Å². The SMILES string of the molecule is C=CCC(C)(C=C)CCCCC. The third-order valence-electron chi connectivity index (χ3n) is 2.45. The van der Waals surface area contributed by atoms with E-state index in [0.29, 0.717) is 0 Å². The molecule has 0 aromatic carbocycles. The van der Waals surface area contributed by atoms with E-state index in [1.807, 2.05) is 6.08 Å². The van der Waals surface area contributed by atoms with Gasteiger partial charge in [0.25, 0.3) is 0 Å². The fourth-order valence-corrected chi connectivity index (χ4v) is 1.40. The van der Waals surface area contributed by atoms with Crippen molar-refractivity contribution in [3.05, 3.63) is 25.3 Å². The molecule has 0 N–H and O–H groups in total. The topological polar surface area (TPSA) is 0 Å². The lowest BCUT2D eigenvalue weighted by Crippen LogP contribution is -2.11. The second-order valence-electron chi connectivity index (χ2n) is 3.81. The quantitative estimate of drug-likeness (QED) is 0.390. The highest BCUT2D eigenvalue weighted by molar-refractivity contribution is 4.95. The summed E-state index contributed by atoms with van der Waals surface area (Å²) in [7, 11) is 0. The Morgan fingerprint density at radius 2 is 1.92 bits per heavy atom. The van der Waals surface area contributed by atoms with Gasteiger partial charge < -0.3 is 0 Å². The van der Waals surface area contributed by atoms with Gasteiger partial charge in [-0.25, -0.2) is 0 Å². The standard InChI is InChI=1S/C12H22/c1-5-8-9-11-12(4,7-3)10-6-2/h6-7H,2-3,5,8-11H2,1,4H3. The van der Waals surface area contributed by atoms with Crippen molar-refractivity contribution in [3.63, 3.8) is 0 Å². The summed E-state index contributed by atoms with van der Waals surface area (Å²) in [5.41, 5.74) is 0.289. The summed E-state index contributed by atoms with van der Waals surface area (Å²) in [4.78, 5) is 0. The Hall–Kier alpha value is -0.520. The predicted octanol–water partition coefficient (Wildman–Crippen LogP) is 4.34. The fourth-order valence-electron chi connectivity index (χ4n) is 1.40. The number of unbranched alkanes of at least 4 members (excludes halogenated alkanes) is 2. The van der Waals surface area contributed by atoms with Gasteiger partial charge in [0, 0.05) is 0 Å². The molecule has 0 aliphatic carbocycles. The van der Waals surface area contributed by atoms with Crippen LogP contribution in [0.1, 0.15) is 46.0 Å². The molecule has 1 atom stereocenters. The van der Waals surface area contributed by atoms with Crippen molar-refractivity contribution in [3.8, 4) is 0 Å². The molecule has 0 radical (unpaired) electrons. The van der Waals surface area contributed by atoms with Crippen LogP contribution in [0, 0.1) is 5.41 Å². The lowest BCUT2D eigenvalue weighted by molar-refractivity contribution is 0.378. The molecule has 1 unspecified atom stereocenters. The summed E-state index contributed by atoms with van der Waals surface area (Å²) < 4.78 is 0. The Morgan fingerprint density at radius 1 is 1.25 bits per heavy atom. The molecule has 0 aliphatic heterocycles. The van der Waals surface area contributed by atoms with Gasteiger partial charge in [-0.3, -0.25) is 0 Å². The van der Waals surface area contributed by atoms with E-state index >= 15 is 0 Å². The molecule has 0 nitrogen and oxygen atoms in total. The first kappa shape index (κ1) is 11.5. The minimum Gasteiger partial charge on any atom is -0.103 e. The molecule has 0 spiro atoms. The van der Waals surface area contributed by atoms with Crippen LogP contribution in [-0.2, 0) is 0 Å². The van der Waals surface area contributed by atoms with Crippen molar-refractivity contribution in [2.75, 3.05) is 0 Å². The first-order valence-electron chi connectivity index (χ1n) is 4.93. The van der Waals surface area contributed by atoms with Crippen LogP contribution < -0.4 is 0 Å². The van der Waals surface area contributed by atoms with E-state index in [4.69, 9.17) is 0 Å². The lowest BCUT2D eigenvalue weighted by Gasteiger charge is -2.23. The molecular weight excluding hydrogens is 144 g/mol. The molecule has 0 aromatic rings. The molecule has 70 valence electrons. The molecule has 0 heteroatoms. The van der Waals surface area contributed by atoms with Crippen LogP contribution in [0.3, 0.4) is 0 Å². The van der Waals surface area contributed by atoms with Crippen molar-refractivity contribution in [1.82, 2.24) is 0 Å². The van der Waals surface area contributed by atoms with E-state index in [-0.39, 0.29) is 5.41 Å². The van der Waals surface area contributed by atoms with Crippen LogP contribution in [0.15, 0.2) is 25.3 Å². The normalized spacial score (nSPS) is 15.2. The summed E-state index contributed by atoms with van der Waals surface area (Å²) in [5, 5.41) is 0. The zero-order chi connectivity index (χ0) is 9.45. The number of rotatable bonds is 7. The summed E-state index contributed by atoms with van der Waals surface area (Å²) in [6, 6.07) is 0. The van der Waals surface area contributed by atoms with Crippen molar-refractivity contribution < 1.29 is 0 Å². The van der Waals surface area contributed by atoms with Gasteiger partial charge >= 0.3 is 0 Å². The average Bonchev–Trinajstić information content (AvgIpc) is 2.06. The molecule has 0 amide bonds. The number of hydrogen-bond donors (Lipinski definition) is 0. The zero-order valence-corrected chi connectivity index (χ0v) is 8.60. The van der Waals surface area contributed by atoms with E-state index in [0.717, 1.165) is 6.42 Å². The van der Waals surface area contributed by atoms with Gasteiger partial charge in [0.05, 0.1) is 0 Å². The maximum Gasteiger partial charge on any atom is -0.0115 e. The van der Waals surface area contributed by atoms with Crippen molar-refractivity contribution in [2.24, 2.45) is 5.41 Å². The van der Waals surface area contributed by atoms with Crippen LogP contribution in [0.25, 0.3) is 0 Å². The number of hydrogen-bond acceptors (Lipinski definition) is 0. The van der Waals surface area contributed by atoms with Crippen LogP contribution in [0.5, 0.6) is 0 Å². The molecule has 0 fully saturated rings. The summed E-state index contributed by atoms with van der Waals surface area (Å²) >= 11 is 0. The summed E-state index contributed by atoms with van der Waals surface area (Å²) in [6.07, 6.45) is 10.3. The van der Waals surface area contributed by atoms with Gasteiger partial charge in [-0.2, -0.15) is 0 Å². The molecule has 0 saturated carbocycles. The molecule has 0 rings (SSSR count). The first-order chi connectivity index (χ1) is 5.68. The lowest BCUT2D eigenvalue weighted by atomic mass is 9.82. The highest BCUT2D eigenvalue weighted by Crippen LogP contribution is 2.29. The highest BCUT2D eigenvalue weighted by Gasteiger charge is 2.16. The Labute approximate surface area is 77.4 Å². The van der Waals surface area contributed by atoms with E-state index in [2.05, 4.69) is 33.1 Å². The smallest absolute Gasteiger partial charge is 0.0115 e. The maximum atomic E-state index is 3.88. The van der Waals surface area contributed by atoms with Crippen LogP contribution >= 0.6 is 0 Å². The fraction of sp³-hybridized carbons (Fsp3) is 0.667. The monoisotopic (exact) mass is 166 g/mol. The second-order valence-corrected chi connectivity index (χ2v) is 3.81. The Bertz CT molecular complexity index is 135. The van der Waals surface area contributed by atoms with E-state index < -0.39 is 0 Å². The first-order valence-corrected chi connectivity index (χ1v) is 4.93. The minimum absolute atomic E-state index is 0.289. The van der Waals surface area contributed by atoms with Crippen molar-refractivity contribution in [2.45, 2.75) is 46.0 Å². The van der Waals surface area contributed by atoms with Gasteiger partial charge in [-0.05, 0) is 18.3 Å². The third kappa shape index (κ3) is 4.38. The molecule has 0 heterocycles. The Morgan fingerprint density at radius 3 is 2.33 bits per heavy atom. The summed E-state index contributed by atoms with van der Waals surface area (Å²) in [6.45, 7) is 12.2. The molecule has 0 aliphatic rings. The van der Waals surface area contributed by atoms with E-state index in [9.17, 15) is 0 Å². The van der Waals surface area contributed by atoms with Gasteiger partial charge in [0.2, 0.25) is 0 Å². The van der Waals surface area contributed by atoms with Crippen molar-refractivity contribution >= 4 is 0 Å². The highest BCUT2D eigenvalue weighted by atomic mass is 14.2. The molecule has 0 bridgehead atoms.